The Hall–Kier alpha value is -2.38. The number of aromatic nitrogens is 2. The molecule has 0 aliphatic carbocycles. The van der Waals surface area contributed by atoms with E-state index >= 15 is 0 Å². The zero-order valence-corrected chi connectivity index (χ0v) is 17.9. The second-order valence-corrected chi connectivity index (χ2v) is 8.39. The van der Waals surface area contributed by atoms with Gasteiger partial charge in [0.2, 0.25) is 11.8 Å². The van der Waals surface area contributed by atoms with Crippen molar-refractivity contribution >= 4 is 29.2 Å². The number of aryl methyl sites for hydroxylation is 1. The van der Waals surface area contributed by atoms with E-state index in [2.05, 4.69) is 15.3 Å². The third-order valence-corrected chi connectivity index (χ3v) is 5.95. The summed E-state index contributed by atoms with van der Waals surface area (Å²) >= 11 is 6.10. The molecular weight excluding hydrogens is 402 g/mol. The average molecular weight is 430 g/mol. The molecule has 2 aromatic rings. The number of hydrogen-bond acceptors (Lipinski definition) is 4. The summed E-state index contributed by atoms with van der Waals surface area (Å²) in [6.07, 6.45) is 5.14. The normalized spacial score (nSPS) is 17.1. The van der Waals surface area contributed by atoms with Gasteiger partial charge in [0.1, 0.15) is 12.4 Å². The third-order valence-electron chi connectivity index (χ3n) is 5.72. The fourth-order valence-corrected chi connectivity index (χ4v) is 4.31. The molecule has 1 fully saturated rings. The predicted octanol–water partition coefficient (Wildman–Crippen LogP) is 2.93. The molecule has 4 rings (SSSR count). The molecule has 0 unspecified atom stereocenters. The monoisotopic (exact) mass is 429 g/mol. The molecule has 8 heteroatoms. The van der Waals surface area contributed by atoms with Crippen LogP contribution in [0.25, 0.3) is 11.3 Å². The van der Waals surface area contributed by atoms with Gasteiger partial charge in [0.15, 0.2) is 0 Å². The van der Waals surface area contributed by atoms with E-state index in [0.29, 0.717) is 30.4 Å². The van der Waals surface area contributed by atoms with E-state index in [1.54, 1.807) is 4.68 Å². The first-order chi connectivity index (χ1) is 14.6. The van der Waals surface area contributed by atoms with Crippen molar-refractivity contribution in [1.29, 1.82) is 0 Å². The Morgan fingerprint density at radius 2 is 1.97 bits per heavy atom. The van der Waals surface area contributed by atoms with Crippen LogP contribution < -0.4 is 10.2 Å². The number of halogens is 1. The summed E-state index contributed by atoms with van der Waals surface area (Å²) in [5.41, 5.74) is 1.63. The Labute approximate surface area is 182 Å². The van der Waals surface area contributed by atoms with Gasteiger partial charge in [-0.1, -0.05) is 30.2 Å². The van der Waals surface area contributed by atoms with Gasteiger partial charge in [0.25, 0.3) is 0 Å². The van der Waals surface area contributed by atoms with Crippen molar-refractivity contribution < 1.29 is 9.59 Å². The Morgan fingerprint density at radius 1 is 1.13 bits per heavy atom. The molecule has 0 bridgehead atoms. The van der Waals surface area contributed by atoms with Crippen molar-refractivity contribution in [2.45, 2.75) is 38.6 Å². The standard InChI is InChI=1S/C22H28ClN5O2/c23-18-7-4-6-17(14-18)19-15-21-27(22(30)8-13-28(21)25-19)16-20(29)24-9-5-12-26-10-2-1-3-11-26/h4,6-7,14-15H,1-3,5,8-13,16H2,(H,24,29). The van der Waals surface area contributed by atoms with Gasteiger partial charge in [-0.15, -0.1) is 0 Å². The molecule has 0 saturated carbocycles. The van der Waals surface area contributed by atoms with Crippen molar-refractivity contribution in [1.82, 2.24) is 20.0 Å². The van der Waals surface area contributed by atoms with Gasteiger partial charge in [-0.2, -0.15) is 5.10 Å². The summed E-state index contributed by atoms with van der Waals surface area (Å²) < 4.78 is 1.79. The number of hydrogen-bond donors (Lipinski definition) is 1. The van der Waals surface area contributed by atoms with Crippen LogP contribution >= 0.6 is 11.6 Å². The quantitative estimate of drug-likeness (QED) is 0.687. The number of amides is 2. The summed E-state index contributed by atoms with van der Waals surface area (Å²) in [5.74, 6) is 0.467. The molecule has 0 radical (unpaired) electrons. The van der Waals surface area contributed by atoms with Crippen molar-refractivity contribution in [2.75, 3.05) is 37.6 Å². The number of anilines is 1. The number of nitrogens with zero attached hydrogens (tertiary/aromatic N) is 4. The second kappa shape index (κ2) is 9.62. The minimum atomic E-state index is -0.138. The largest absolute Gasteiger partial charge is 0.354 e. The number of benzene rings is 1. The Kier molecular flexibility index (Phi) is 6.69. The first-order valence-electron chi connectivity index (χ1n) is 10.7. The first kappa shape index (κ1) is 20.9. The topological polar surface area (TPSA) is 70.5 Å². The third kappa shape index (κ3) is 5.02. The molecule has 0 spiro atoms. The Morgan fingerprint density at radius 3 is 2.77 bits per heavy atom. The maximum Gasteiger partial charge on any atom is 0.240 e. The first-order valence-corrected chi connectivity index (χ1v) is 11.1. The molecule has 1 saturated heterocycles. The average Bonchev–Trinajstić information content (AvgIpc) is 3.19. The number of nitrogens with one attached hydrogen (secondary N) is 1. The van der Waals surface area contributed by atoms with Gasteiger partial charge in [0.05, 0.1) is 12.2 Å². The highest BCUT2D eigenvalue weighted by molar-refractivity contribution is 6.30. The number of fused-ring (bicyclic) bond motifs is 1. The molecule has 2 aliphatic rings. The maximum atomic E-state index is 12.5. The number of rotatable bonds is 7. The van der Waals surface area contributed by atoms with Gasteiger partial charge < -0.3 is 10.2 Å². The highest BCUT2D eigenvalue weighted by Crippen LogP contribution is 2.29. The SMILES string of the molecule is O=C(CN1C(=O)CCn2nc(-c3cccc(Cl)c3)cc21)NCCCN1CCCCC1. The zero-order chi connectivity index (χ0) is 20.9. The molecule has 7 nitrogen and oxygen atoms in total. The van der Waals surface area contributed by atoms with E-state index in [4.69, 9.17) is 11.6 Å². The van der Waals surface area contributed by atoms with E-state index in [9.17, 15) is 9.59 Å². The molecule has 1 aromatic heterocycles. The molecule has 3 heterocycles. The highest BCUT2D eigenvalue weighted by atomic mass is 35.5. The summed E-state index contributed by atoms with van der Waals surface area (Å²) in [6, 6.07) is 9.31. The second-order valence-electron chi connectivity index (χ2n) is 7.96. The molecule has 0 atom stereocenters. The zero-order valence-electron chi connectivity index (χ0n) is 17.1. The molecule has 2 amide bonds. The number of likely N-dealkylation sites (tertiary alicyclic amines) is 1. The van der Waals surface area contributed by atoms with Gasteiger partial charge in [-0.05, 0) is 51.0 Å². The van der Waals surface area contributed by atoms with E-state index in [1.165, 1.54) is 24.2 Å². The van der Waals surface area contributed by atoms with Crippen LogP contribution in [-0.2, 0) is 16.1 Å². The van der Waals surface area contributed by atoms with E-state index in [0.717, 1.165) is 37.3 Å². The van der Waals surface area contributed by atoms with Crippen molar-refractivity contribution in [3.63, 3.8) is 0 Å². The lowest BCUT2D eigenvalue weighted by Crippen LogP contribution is -2.44. The summed E-state index contributed by atoms with van der Waals surface area (Å²) in [5, 5.41) is 8.20. The van der Waals surface area contributed by atoms with Crippen molar-refractivity contribution in [2.24, 2.45) is 0 Å². The number of carbonyl (C=O) groups excluding carboxylic acids is 2. The predicted molar refractivity (Wildman–Crippen MR) is 118 cm³/mol. The molecular formula is C22H28ClN5O2. The maximum absolute atomic E-state index is 12.5. The minimum Gasteiger partial charge on any atom is -0.354 e. The van der Waals surface area contributed by atoms with Crippen LogP contribution in [0.15, 0.2) is 30.3 Å². The van der Waals surface area contributed by atoms with Crippen LogP contribution in [0.2, 0.25) is 5.02 Å². The lowest BCUT2D eigenvalue weighted by atomic mass is 10.1. The lowest BCUT2D eigenvalue weighted by Gasteiger charge is -2.27. The number of piperidine rings is 1. The van der Waals surface area contributed by atoms with Crippen LogP contribution in [0.4, 0.5) is 5.82 Å². The fourth-order valence-electron chi connectivity index (χ4n) is 4.12. The van der Waals surface area contributed by atoms with Gasteiger partial charge in [-0.3, -0.25) is 14.5 Å². The van der Waals surface area contributed by atoms with E-state index < -0.39 is 0 Å². The van der Waals surface area contributed by atoms with Crippen LogP contribution in [0, 0.1) is 0 Å². The molecule has 2 aliphatic heterocycles. The smallest absolute Gasteiger partial charge is 0.240 e. The highest BCUT2D eigenvalue weighted by Gasteiger charge is 2.28. The molecule has 1 N–H and O–H groups in total. The molecule has 1 aromatic carbocycles. The van der Waals surface area contributed by atoms with Gasteiger partial charge in [-0.25, -0.2) is 4.68 Å². The van der Waals surface area contributed by atoms with Gasteiger partial charge >= 0.3 is 0 Å². The fraction of sp³-hybridized carbons (Fsp3) is 0.500. The van der Waals surface area contributed by atoms with Crippen molar-refractivity contribution in [3.05, 3.63) is 35.4 Å². The summed E-state index contributed by atoms with van der Waals surface area (Å²) in [4.78, 5) is 29.0. The van der Waals surface area contributed by atoms with Crippen molar-refractivity contribution in [3.8, 4) is 11.3 Å². The molecule has 30 heavy (non-hydrogen) atoms. The van der Waals surface area contributed by atoms with Crippen LogP contribution in [0.3, 0.4) is 0 Å². The lowest BCUT2D eigenvalue weighted by molar-refractivity contribution is -0.124. The summed E-state index contributed by atoms with van der Waals surface area (Å²) in [7, 11) is 0. The van der Waals surface area contributed by atoms with Gasteiger partial charge in [0, 0.05) is 29.6 Å². The Balaban J connectivity index is 1.35. The number of carbonyl (C=O) groups is 2. The van der Waals surface area contributed by atoms with Crippen LogP contribution in [-0.4, -0.2) is 59.2 Å². The minimum absolute atomic E-state index is 0.0171. The van der Waals surface area contributed by atoms with E-state index in [-0.39, 0.29) is 18.4 Å². The molecule has 160 valence electrons. The Bertz CT molecular complexity index is 907. The van der Waals surface area contributed by atoms with E-state index in [1.807, 2.05) is 30.3 Å². The summed E-state index contributed by atoms with van der Waals surface area (Å²) in [6.45, 7) is 4.50. The van der Waals surface area contributed by atoms with Crippen LogP contribution in [0.1, 0.15) is 32.1 Å². The van der Waals surface area contributed by atoms with Crippen LogP contribution in [0.5, 0.6) is 0 Å².